The summed E-state index contributed by atoms with van der Waals surface area (Å²) in [5.41, 5.74) is 6.52. The summed E-state index contributed by atoms with van der Waals surface area (Å²) >= 11 is 2.01. The molecule has 1 aromatic heterocycles. The number of nitrogens with zero attached hydrogens (tertiary/aromatic N) is 1. The number of methoxy groups -OCH3 is 1. The van der Waals surface area contributed by atoms with E-state index < -0.39 is 0 Å². The minimum absolute atomic E-state index is 0.595. The molecule has 1 aliphatic heterocycles. The molecule has 4 nitrogen and oxygen atoms in total. The molecule has 1 aromatic rings. The first-order valence-corrected chi connectivity index (χ1v) is 6.57. The monoisotopic (exact) mass is 239 g/mol. The lowest BCUT2D eigenvalue weighted by molar-refractivity contribution is 0.398. The molecular weight excluding hydrogens is 222 g/mol. The molecule has 0 aromatic carbocycles. The number of hydrogen-bond acceptors (Lipinski definition) is 5. The van der Waals surface area contributed by atoms with Crippen LogP contribution in [-0.4, -0.2) is 30.1 Å². The first-order valence-electron chi connectivity index (χ1n) is 5.41. The zero-order valence-electron chi connectivity index (χ0n) is 9.40. The van der Waals surface area contributed by atoms with Crippen LogP contribution in [0.4, 0.5) is 11.5 Å². The smallest absolute Gasteiger partial charge is 0.215 e. The Morgan fingerprint density at radius 3 is 3.19 bits per heavy atom. The van der Waals surface area contributed by atoms with E-state index in [0.717, 1.165) is 18.3 Å². The van der Waals surface area contributed by atoms with Crippen LogP contribution in [0.3, 0.4) is 0 Å². The van der Waals surface area contributed by atoms with Gasteiger partial charge < -0.3 is 15.8 Å². The van der Waals surface area contributed by atoms with Crippen LogP contribution in [0.15, 0.2) is 12.1 Å². The third kappa shape index (κ3) is 2.72. The molecule has 0 aliphatic carbocycles. The Morgan fingerprint density at radius 1 is 1.62 bits per heavy atom. The molecule has 0 radical (unpaired) electrons. The van der Waals surface area contributed by atoms with Gasteiger partial charge >= 0.3 is 0 Å². The summed E-state index contributed by atoms with van der Waals surface area (Å²) in [5, 5.41) is 3.30. The first-order chi connectivity index (χ1) is 7.79. The molecule has 0 bridgehead atoms. The van der Waals surface area contributed by atoms with Crippen LogP contribution in [-0.2, 0) is 0 Å². The van der Waals surface area contributed by atoms with Gasteiger partial charge in [-0.25, -0.2) is 0 Å². The SMILES string of the molecule is COc1ccc(N)c(NCC2CCSC2)n1. The maximum Gasteiger partial charge on any atom is 0.215 e. The highest BCUT2D eigenvalue weighted by Gasteiger charge is 2.15. The number of nitrogen functional groups attached to an aromatic ring is 1. The number of ether oxygens (including phenoxy) is 1. The molecule has 0 saturated carbocycles. The Morgan fingerprint density at radius 2 is 2.50 bits per heavy atom. The Balaban J connectivity index is 1.96. The zero-order valence-corrected chi connectivity index (χ0v) is 10.2. The largest absolute Gasteiger partial charge is 0.481 e. The maximum atomic E-state index is 5.84. The number of aromatic nitrogens is 1. The molecule has 0 spiro atoms. The van der Waals surface area contributed by atoms with Crippen LogP contribution in [0.5, 0.6) is 5.88 Å². The molecule has 88 valence electrons. The molecule has 5 heteroatoms. The molecule has 1 unspecified atom stereocenters. The molecule has 2 rings (SSSR count). The third-order valence-corrected chi connectivity index (χ3v) is 3.92. The highest BCUT2D eigenvalue weighted by Crippen LogP contribution is 2.25. The Hall–Kier alpha value is -1.10. The Kier molecular flexibility index (Phi) is 3.77. The fourth-order valence-electron chi connectivity index (χ4n) is 1.69. The van der Waals surface area contributed by atoms with Crippen LogP contribution >= 0.6 is 11.8 Å². The van der Waals surface area contributed by atoms with Crippen molar-refractivity contribution < 1.29 is 4.74 Å². The second-order valence-electron chi connectivity index (χ2n) is 3.90. The number of anilines is 2. The van der Waals surface area contributed by atoms with Crippen molar-refractivity contribution in [2.45, 2.75) is 6.42 Å². The van der Waals surface area contributed by atoms with Gasteiger partial charge in [0.2, 0.25) is 5.88 Å². The number of rotatable bonds is 4. The second-order valence-corrected chi connectivity index (χ2v) is 5.05. The normalized spacial score (nSPS) is 19.7. The van der Waals surface area contributed by atoms with E-state index in [4.69, 9.17) is 10.5 Å². The summed E-state index contributed by atoms with van der Waals surface area (Å²) in [6.45, 7) is 0.942. The minimum atomic E-state index is 0.595. The molecule has 16 heavy (non-hydrogen) atoms. The van der Waals surface area contributed by atoms with Crippen molar-refractivity contribution in [3.05, 3.63) is 12.1 Å². The van der Waals surface area contributed by atoms with Crippen LogP contribution in [0.2, 0.25) is 0 Å². The lowest BCUT2D eigenvalue weighted by Gasteiger charge is -2.12. The molecule has 1 saturated heterocycles. The highest BCUT2D eigenvalue weighted by molar-refractivity contribution is 7.99. The summed E-state index contributed by atoms with van der Waals surface area (Å²) in [7, 11) is 1.61. The molecule has 1 fully saturated rings. The number of nitrogens with one attached hydrogen (secondary N) is 1. The number of hydrogen-bond donors (Lipinski definition) is 2. The van der Waals surface area contributed by atoms with Crippen molar-refractivity contribution in [2.24, 2.45) is 5.92 Å². The lowest BCUT2D eigenvalue weighted by Crippen LogP contribution is -2.15. The molecular formula is C11H17N3OS. The van der Waals surface area contributed by atoms with E-state index in [0.29, 0.717) is 11.6 Å². The fraction of sp³-hybridized carbons (Fsp3) is 0.545. The van der Waals surface area contributed by atoms with Crippen LogP contribution in [0.25, 0.3) is 0 Å². The molecule has 1 aliphatic rings. The van der Waals surface area contributed by atoms with Gasteiger partial charge in [0.25, 0.3) is 0 Å². The average Bonchev–Trinajstić information content (AvgIpc) is 2.81. The molecule has 1 atom stereocenters. The summed E-state index contributed by atoms with van der Waals surface area (Å²) in [6.07, 6.45) is 1.28. The van der Waals surface area contributed by atoms with Crippen molar-refractivity contribution in [3.63, 3.8) is 0 Å². The van der Waals surface area contributed by atoms with Gasteiger partial charge in [-0.1, -0.05) is 0 Å². The summed E-state index contributed by atoms with van der Waals surface area (Å²) in [4.78, 5) is 4.29. The van der Waals surface area contributed by atoms with Crippen LogP contribution in [0.1, 0.15) is 6.42 Å². The van der Waals surface area contributed by atoms with Crippen molar-refractivity contribution in [1.82, 2.24) is 4.98 Å². The zero-order chi connectivity index (χ0) is 11.4. The predicted molar refractivity (Wildman–Crippen MR) is 69.1 cm³/mol. The van der Waals surface area contributed by atoms with Crippen molar-refractivity contribution >= 4 is 23.3 Å². The van der Waals surface area contributed by atoms with E-state index in [-0.39, 0.29) is 0 Å². The van der Waals surface area contributed by atoms with Crippen LogP contribution in [0, 0.1) is 5.92 Å². The number of pyridine rings is 1. The van der Waals surface area contributed by atoms with E-state index in [1.807, 2.05) is 17.8 Å². The summed E-state index contributed by atoms with van der Waals surface area (Å²) in [5.74, 6) is 4.57. The quantitative estimate of drug-likeness (QED) is 0.839. The van der Waals surface area contributed by atoms with E-state index in [1.165, 1.54) is 17.9 Å². The Labute approximate surface area is 100.0 Å². The van der Waals surface area contributed by atoms with Gasteiger partial charge in [0.05, 0.1) is 12.8 Å². The van der Waals surface area contributed by atoms with Crippen molar-refractivity contribution in [3.8, 4) is 5.88 Å². The van der Waals surface area contributed by atoms with E-state index >= 15 is 0 Å². The van der Waals surface area contributed by atoms with Crippen molar-refractivity contribution in [1.29, 1.82) is 0 Å². The van der Waals surface area contributed by atoms with Gasteiger partial charge in [0.15, 0.2) is 5.82 Å². The van der Waals surface area contributed by atoms with Crippen LogP contribution < -0.4 is 15.8 Å². The topological polar surface area (TPSA) is 60.2 Å². The summed E-state index contributed by atoms with van der Waals surface area (Å²) < 4.78 is 5.07. The first kappa shape index (κ1) is 11.4. The second kappa shape index (κ2) is 5.30. The number of nitrogens with two attached hydrogens (primary N) is 1. The number of thioether (sulfide) groups is 1. The Bertz CT molecular complexity index is 353. The predicted octanol–water partition coefficient (Wildman–Crippen LogP) is 1.84. The van der Waals surface area contributed by atoms with Gasteiger partial charge in [-0.15, -0.1) is 0 Å². The lowest BCUT2D eigenvalue weighted by atomic mass is 10.1. The molecule has 3 N–H and O–H groups in total. The van der Waals surface area contributed by atoms with Gasteiger partial charge in [0.1, 0.15) is 0 Å². The molecule has 2 heterocycles. The minimum Gasteiger partial charge on any atom is -0.481 e. The standard InChI is InChI=1S/C11H17N3OS/c1-15-10-3-2-9(12)11(14-10)13-6-8-4-5-16-7-8/h2-3,8H,4-7,12H2,1H3,(H,13,14). The molecule has 0 amide bonds. The van der Waals surface area contributed by atoms with Gasteiger partial charge in [0, 0.05) is 12.6 Å². The van der Waals surface area contributed by atoms with Gasteiger partial charge in [-0.2, -0.15) is 16.7 Å². The fourth-order valence-corrected chi connectivity index (χ4v) is 2.98. The average molecular weight is 239 g/mol. The summed E-state index contributed by atoms with van der Waals surface area (Å²) in [6, 6.07) is 3.59. The highest BCUT2D eigenvalue weighted by atomic mass is 32.2. The van der Waals surface area contributed by atoms with Gasteiger partial charge in [-0.05, 0) is 29.9 Å². The third-order valence-electron chi connectivity index (χ3n) is 2.69. The van der Waals surface area contributed by atoms with Crippen molar-refractivity contribution in [2.75, 3.05) is 36.2 Å². The van der Waals surface area contributed by atoms with Gasteiger partial charge in [-0.3, -0.25) is 0 Å². The van der Waals surface area contributed by atoms with E-state index in [2.05, 4.69) is 10.3 Å². The van der Waals surface area contributed by atoms with E-state index in [1.54, 1.807) is 13.2 Å². The maximum absolute atomic E-state index is 5.84. The van der Waals surface area contributed by atoms with E-state index in [9.17, 15) is 0 Å².